The zero-order valence-corrected chi connectivity index (χ0v) is 11.5. The molecule has 1 unspecified atom stereocenters. The summed E-state index contributed by atoms with van der Waals surface area (Å²) in [7, 11) is 0. The monoisotopic (exact) mass is 320 g/mol. The van der Waals surface area contributed by atoms with Crippen LogP contribution in [0.3, 0.4) is 0 Å². The fourth-order valence-corrected chi connectivity index (χ4v) is 1.94. The number of benzene rings is 1. The van der Waals surface area contributed by atoms with Crippen LogP contribution in [0.1, 0.15) is 22.9 Å². The lowest BCUT2D eigenvalue weighted by molar-refractivity contribution is -0.137. The molecule has 106 valence electrons. The summed E-state index contributed by atoms with van der Waals surface area (Å²) in [6, 6.07) is 6.30. The maximum atomic E-state index is 12.4. The summed E-state index contributed by atoms with van der Waals surface area (Å²) in [6.45, 7) is 0. The summed E-state index contributed by atoms with van der Waals surface area (Å²) >= 11 is 11.7. The molecule has 20 heavy (non-hydrogen) atoms. The first-order valence-corrected chi connectivity index (χ1v) is 6.28. The van der Waals surface area contributed by atoms with E-state index in [1.807, 2.05) is 0 Å². The summed E-state index contributed by atoms with van der Waals surface area (Å²) < 4.78 is 37.3. The van der Waals surface area contributed by atoms with E-state index in [1.54, 1.807) is 18.2 Å². The van der Waals surface area contributed by atoms with Crippen molar-refractivity contribution in [2.45, 2.75) is 12.2 Å². The van der Waals surface area contributed by atoms with Gasteiger partial charge in [0.25, 0.3) is 0 Å². The van der Waals surface area contributed by atoms with E-state index in [-0.39, 0.29) is 0 Å². The van der Waals surface area contributed by atoms with Crippen LogP contribution in [0, 0.1) is 0 Å². The van der Waals surface area contributed by atoms with E-state index in [0.717, 1.165) is 12.3 Å². The fraction of sp³-hybridized carbons (Fsp3) is 0.154. The Labute approximate surface area is 123 Å². The van der Waals surface area contributed by atoms with Crippen molar-refractivity contribution < 1.29 is 13.2 Å². The minimum Gasteiger partial charge on any atom is -0.319 e. The van der Waals surface area contributed by atoms with E-state index in [9.17, 15) is 13.2 Å². The normalized spacial score (nSPS) is 13.3. The highest BCUT2D eigenvalue weighted by atomic mass is 35.5. The van der Waals surface area contributed by atoms with Crippen LogP contribution in [-0.2, 0) is 6.18 Å². The van der Waals surface area contributed by atoms with Crippen LogP contribution in [0.15, 0.2) is 36.5 Å². The topological polar surface area (TPSA) is 38.9 Å². The SMILES string of the molecule is NC(c1ccc(Cl)c(Cl)c1)c1ccc(C(F)(F)F)cn1. The highest BCUT2D eigenvalue weighted by molar-refractivity contribution is 6.42. The molecule has 0 radical (unpaired) electrons. The average molecular weight is 321 g/mol. The van der Waals surface area contributed by atoms with Gasteiger partial charge in [0.1, 0.15) is 0 Å². The van der Waals surface area contributed by atoms with Gasteiger partial charge in [-0.1, -0.05) is 29.3 Å². The second-order valence-electron chi connectivity index (χ2n) is 4.12. The molecule has 0 fully saturated rings. The van der Waals surface area contributed by atoms with Crippen LogP contribution in [0.2, 0.25) is 10.0 Å². The molecule has 2 rings (SSSR count). The van der Waals surface area contributed by atoms with Crippen molar-refractivity contribution in [1.29, 1.82) is 0 Å². The van der Waals surface area contributed by atoms with Gasteiger partial charge in [-0.15, -0.1) is 0 Å². The first-order chi connectivity index (χ1) is 9.29. The van der Waals surface area contributed by atoms with Crippen LogP contribution in [0.4, 0.5) is 13.2 Å². The Morgan fingerprint density at radius 3 is 2.25 bits per heavy atom. The number of hydrogen-bond acceptors (Lipinski definition) is 2. The van der Waals surface area contributed by atoms with Crippen molar-refractivity contribution in [2.24, 2.45) is 5.73 Å². The summed E-state index contributed by atoms with van der Waals surface area (Å²) in [6.07, 6.45) is -3.66. The molecule has 1 aromatic carbocycles. The second kappa shape index (κ2) is 5.60. The molecule has 0 spiro atoms. The van der Waals surface area contributed by atoms with Crippen LogP contribution in [0.25, 0.3) is 0 Å². The Kier molecular flexibility index (Phi) is 4.22. The maximum Gasteiger partial charge on any atom is 0.417 e. The summed E-state index contributed by atoms with van der Waals surface area (Å²) in [5.74, 6) is 0. The molecule has 0 saturated heterocycles. The minimum atomic E-state index is -4.42. The lowest BCUT2D eigenvalue weighted by Crippen LogP contribution is -2.14. The zero-order valence-electron chi connectivity index (χ0n) is 9.96. The summed E-state index contributed by atoms with van der Waals surface area (Å²) in [5.41, 5.74) is 6.07. The number of halogens is 5. The Bertz CT molecular complexity index is 612. The highest BCUT2D eigenvalue weighted by Crippen LogP contribution is 2.30. The first kappa shape index (κ1) is 15.1. The Hall–Kier alpha value is -1.30. The highest BCUT2D eigenvalue weighted by Gasteiger charge is 2.30. The molecule has 1 atom stereocenters. The van der Waals surface area contributed by atoms with E-state index in [2.05, 4.69) is 4.98 Å². The average Bonchev–Trinajstić information content (AvgIpc) is 2.40. The van der Waals surface area contributed by atoms with E-state index in [0.29, 0.717) is 21.3 Å². The molecule has 2 N–H and O–H groups in total. The number of aromatic nitrogens is 1. The number of nitrogens with zero attached hydrogens (tertiary/aromatic N) is 1. The van der Waals surface area contributed by atoms with Gasteiger partial charge in [-0.2, -0.15) is 13.2 Å². The van der Waals surface area contributed by atoms with Gasteiger partial charge in [-0.25, -0.2) is 0 Å². The van der Waals surface area contributed by atoms with Crippen LogP contribution < -0.4 is 5.73 Å². The van der Waals surface area contributed by atoms with Crippen LogP contribution in [-0.4, -0.2) is 4.98 Å². The lowest BCUT2D eigenvalue weighted by atomic mass is 10.0. The Balaban J connectivity index is 2.29. The fourth-order valence-electron chi connectivity index (χ4n) is 1.63. The Morgan fingerprint density at radius 2 is 1.75 bits per heavy atom. The summed E-state index contributed by atoms with van der Waals surface area (Å²) in [5, 5.41) is 0.703. The van der Waals surface area contributed by atoms with Crippen LogP contribution >= 0.6 is 23.2 Å². The third-order valence-electron chi connectivity index (χ3n) is 2.74. The predicted octanol–water partition coefficient (Wildman–Crippen LogP) is 4.46. The largest absolute Gasteiger partial charge is 0.417 e. The van der Waals surface area contributed by atoms with Gasteiger partial charge < -0.3 is 5.73 Å². The zero-order chi connectivity index (χ0) is 14.9. The van der Waals surface area contributed by atoms with E-state index in [1.165, 1.54) is 6.07 Å². The van der Waals surface area contributed by atoms with Gasteiger partial charge in [0.2, 0.25) is 0 Å². The van der Waals surface area contributed by atoms with E-state index >= 15 is 0 Å². The van der Waals surface area contributed by atoms with Crippen molar-refractivity contribution in [2.75, 3.05) is 0 Å². The number of rotatable bonds is 2. The molecule has 0 bridgehead atoms. The standard InChI is InChI=1S/C13H9Cl2F3N2/c14-9-3-1-7(5-10(9)15)12(19)11-4-2-8(6-20-11)13(16,17)18/h1-6,12H,19H2. The smallest absolute Gasteiger partial charge is 0.319 e. The summed E-state index contributed by atoms with van der Waals surface area (Å²) in [4.78, 5) is 3.75. The molecule has 0 aliphatic rings. The maximum absolute atomic E-state index is 12.4. The van der Waals surface area contributed by atoms with Crippen molar-refractivity contribution >= 4 is 23.2 Å². The Morgan fingerprint density at radius 1 is 1.05 bits per heavy atom. The number of alkyl halides is 3. The predicted molar refractivity (Wildman–Crippen MR) is 71.7 cm³/mol. The molecule has 2 nitrogen and oxygen atoms in total. The second-order valence-corrected chi connectivity index (χ2v) is 4.94. The number of pyridine rings is 1. The van der Waals surface area contributed by atoms with E-state index in [4.69, 9.17) is 28.9 Å². The van der Waals surface area contributed by atoms with Crippen molar-refractivity contribution in [1.82, 2.24) is 4.98 Å². The number of nitrogens with two attached hydrogens (primary N) is 1. The molecule has 0 saturated carbocycles. The minimum absolute atomic E-state index is 0.316. The molecule has 0 aliphatic carbocycles. The molecule has 7 heteroatoms. The van der Waals surface area contributed by atoms with Gasteiger partial charge in [0.05, 0.1) is 27.3 Å². The molecule has 1 heterocycles. The molecule has 0 amide bonds. The third kappa shape index (κ3) is 3.23. The third-order valence-corrected chi connectivity index (χ3v) is 3.47. The molecule has 1 aromatic heterocycles. The first-order valence-electron chi connectivity index (χ1n) is 5.52. The number of hydrogen-bond donors (Lipinski definition) is 1. The quantitative estimate of drug-likeness (QED) is 0.887. The van der Waals surface area contributed by atoms with Crippen molar-refractivity contribution in [3.05, 3.63) is 63.4 Å². The van der Waals surface area contributed by atoms with Gasteiger partial charge in [0.15, 0.2) is 0 Å². The molecule has 0 aliphatic heterocycles. The van der Waals surface area contributed by atoms with Gasteiger partial charge in [0, 0.05) is 6.20 Å². The lowest BCUT2D eigenvalue weighted by Gasteiger charge is -2.13. The van der Waals surface area contributed by atoms with Gasteiger partial charge >= 0.3 is 6.18 Å². The van der Waals surface area contributed by atoms with Crippen molar-refractivity contribution in [3.63, 3.8) is 0 Å². The van der Waals surface area contributed by atoms with Crippen LogP contribution in [0.5, 0.6) is 0 Å². The molecular formula is C13H9Cl2F3N2. The molecule has 2 aromatic rings. The van der Waals surface area contributed by atoms with Gasteiger partial charge in [-0.3, -0.25) is 4.98 Å². The van der Waals surface area contributed by atoms with Crippen molar-refractivity contribution in [3.8, 4) is 0 Å². The van der Waals surface area contributed by atoms with E-state index < -0.39 is 17.8 Å². The van der Waals surface area contributed by atoms with Gasteiger partial charge in [-0.05, 0) is 29.8 Å². The molecular weight excluding hydrogens is 312 g/mol.